The number of aliphatic hydroxyl groups excluding tert-OH is 2. The Morgan fingerprint density at radius 2 is 0.800 bits per heavy atom. The highest BCUT2D eigenvalue weighted by Gasteiger charge is 2.17. The molecule has 0 saturated carbocycles. The summed E-state index contributed by atoms with van der Waals surface area (Å²) in [5, 5.41) is 23.0. The fourth-order valence-electron chi connectivity index (χ4n) is 6.70. The quantitative estimate of drug-likeness (QED) is 0.0338. The molecular weight excluding hydrogens is 615 g/mol. The molecule has 0 bridgehead atoms. The lowest BCUT2D eigenvalue weighted by Crippen LogP contribution is -2.45. The number of carbonyl (C=O) groups excluding carboxylic acids is 1. The van der Waals surface area contributed by atoms with Crippen molar-refractivity contribution >= 4 is 5.91 Å². The average Bonchev–Trinajstić information content (AvgIpc) is 3.12. The van der Waals surface area contributed by atoms with Crippen LogP contribution >= 0.6 is 0 Å². The fourth-order valence-corrected chi connectivity index (χ4v) is 6.70. The van der Waals surface area contributed by atoms with Gasteiger partial charge in [0.05, 0.1) is 18.8 Å². The maximum absolute atomic E-state index is 12.4. The zero-order chi connectivity index (χ0) is 36.4. The maximum atomic E-state index is 12.4. The van der Waals surface area contributed by atoms with Crippen molar-refractivity contribution in [3.63, 3.8) is 0 Å². The third-order valence-corrected chi connectivity index (χ3v) is 10.1. The van der Waals surface area contributed by atoms with Crippen molar-refractivity contribution in [3.8, 4) is 0 Å². The molecule has 0 aliphatic heterocycles. The van der Waals surface area contributed by atoms with Crippen LogP contribution in [0.5, 0.6) is 0 Å². The minimum Gasteiger partial charge on any atom is -0.394 e. The van der Waals surface area contributed by atoms with Gasteiger partial charge in [0.15, 0.2) is 0 Å². The molecule has 3 N–H and O–H groups in total. The molecule has 0 aliphatic rings. The van der Waals surface area contributed by atoms with Crippen LogP contribution in [-0.4, -0.2) is 34.9 Å². The molecule has 1 amide bonds. The average molecular weight is 702 g/mol. The highest BCUT2D eigenvalue weighted by Crippen LogP contribution is 2.15. The lowest BCUT2D eigenvalue weighted by atomic mass is 10.0. The van der Waals surface area contributed by atoms with Crippen molar-refractivity contribution < 1.29 is 15.0 Å². The number of unbranched alkanes of at least 4 members (excludes halogenated alkanes) is 30. The minimum absolute atomic E-state index is 0.0671. The van der Waals surface area contributed by atoms with Gasteiger partial charge in [-0.2, -0.15) is 0 Å². The van der Waals surface area contributed by atoms with Gasteiger partial charge in [-0.15, -0.1) is 0 Å². The number of allylic oxidation sites excluding steroid dienone is 5. The molecule has 4 heteroatoms. The molecule has 0 aromatic heterocycles. The van der Waals surface area contributed by atoms with Crippen LogP contribution in [0.3, 0.4) is 0 Å². The smallest absolute Gasteiger partial charge is 0.220 e. The molecule has 2 atom stereocenters. The van der Waals surface area contributed by atoms with E-state index in [1.165, 1.54) is 186 Å². The molecule has 0 aromatic rings. The van der Waals surface area contributed by atoms with Crippen molar-refractivity contribution in [2.45, 2.75) is 244 Å². The van der Waals surface area contributed by atoms with E-state index in [-0.39, 0.29) is 12.5 Å². The maximum Gasteiger partial charge on any atom is 0.220 e. The molecule has 0 saturated heterocycles. The Hall–Kier alpha value is -1.39. The van der Waals surface area contributed by atoms with Crippen molar-refractivity contribution in [1.82, 2.24) is 5.32 Å². The predicted octanol–water partition coefficient (Wildman–Crippen LogP) is 13.8. The van der Waals surface area contributed by atoms with Gasteiger partial charge in [-0.1, -0.05) is 217 Å². The largest absolute Gasteiger partial charge is 0.394 e. The number of hydrogen-bond acceptors (Lipinski definition) is 3. The Labute approximate surface area is 312 Å². The molecule has 0 radical (unpaired) electrons. The lowest BCUT2D eigenvalue weighted by Gasteiger charge is -2.20. The van der Waals surface area contributed by atoms with Crippen LogP contribution in [0.2, 0.25) is 0 Å². The first-order valence-corrected chi connectivity index (χ1v) is 22.2. The summed E-state index contributed by atoms with van der Waals surface area (Å²) in [5.41, 5.74) is 0. The molecule has 2 unspecified atom stereocenters. The van der Waals surface area contributed by atoms with E-state index >= 15 is 0 Å². The number of nitrogens with one attached hydrogen (secondary N) is 1. The summed E-state index contributed by atoms with van der Waals surface area (Å²) in [7, 11) is 0. The molecular formula is C46H87NO3. The van der Waals surface area contributed by atoms with E-state index in [0.29, 0.717) is 6.42 Å². The monoisotopic (exact) mass is 702 g/mol. The Morgan fingerprint density at radius 1 is 0.480 bits per heavy atom. The molecule has 294 valence electrons. The van der Waals surface area contributed by atoms with Gasteiger partial charge in [-0.05, 0) is 44.9 Å². The molecule has 50 heavy (non-hydrogen) atoms. The summed E-state index contributed by atoms with van der Waals surface area (Å²) < 4.78 is 0. The van der Waals surface area contributed by atoms with Gasteiger partial charge in [0.1, 0.15) is 0 Å². The third-order valence-electron chi connectivity index (χ3n) is 10.1. The van der Waals surface area contributed by atoms with Crippen LogP contribution in [0.4, 0.5) is 0 Å². The first-order valence-electron chi connectivity index (χ1n) is 22.2. The first-order chi connectivity index (χ1) is 24.7. The Bertz CT molecular complexity index is 760. The number of hydrogen-bond donors (Lipinski definition) is 3. The topological polar surface area (TPSA) is 69.6 Å². The molecule has 0 heterocycles. The number of rotatable bonds is 40. The van der Waals surface area contributed by atoms with Gasteiger partial charge in [0, 0.05) is 6.42 Å². The zero-order valence-electron chi connectivity index (χ0n) is 33.7. The van der Waals surface area contributed by atoms with Crippen molar-refractivity contribution in [1.29, 1.82) is 0 Å². The molecule has 0 aliphatic carbocycles. The summed E-state index contributed by atoms with van der Waals surface area (Å²) in [4.78, 5) is 12.4. The number of aliphatic hydroxyl groups is 2. The van der Waals surface area contributed by atoms with E-state index in [0.717, 1.165) is 25.7 Å². The highest BCUT2D eigenvalue weighted by atomic mass is 16.3. The zero-order valence-corrected chi connectivity index (χ0v) is 33.7. The summed E-state index contributed by atoms with van der Waals surface area (Å²) in [6.07, 6.45) is 55.3. The Morgan fingerprint density at radius 3 is 1.20 bits per heavy atom. The summed E-state index contributed by atoms with van der Waals surface area (Å²) in [5.74, 6) is -0.0671. The second-order valence-corrected chi connectivity index (χ2v) is 15.1. The molecule has 0 aromatic carbocycles. The predicted molar refractivity (Wildman–Crippen MR) is 221 cm³/mol. The highest BCUT2D eigenvalue weighted by molar-refractivity contribution is 5.76. The Balaban J connectivity index is 3.57. The van der Waals surface area contributed by atoms with Crippen LogP contribution in [0.1, 0.15) is 232 Å². The van der Waals surface area contributed by atoms with Crippen LogP contribution < -0.4 is 5.32 Å². The molecule has 0 rings (SSSR count). The van der Waals surface area contributed by atoms with Gasteiger partial charge in [-0.3, -0.25) is 4.79 Å². The van der Waals surface area contributed by atoms with E-state index in [1.807, 2.05) is 6.08 Å². The number of carbonyl (C=O) groups is 1. The third kappa shape index (κ3) is 37.9. The molecule has 0 fully saturated rings. The van der Waals surface area contributed by atoms with Gasteiger partial charge < -0.3 is 15.5 Å². The van der Waals surface area contributed by atoms with Crippen molar-refractivity contribution in [2.24, 2.45) is 0 Å². The lowest BCUT2D eigenvalue weighted by molar-refractivity contribution is -0.123. The Kier molecular flexibility index (Phi) is 40.9. The number of amides is 1. The minimum atomic E-state index is -0.839. The van der Waals surface area contributed by atoms with Gasteiger partial charge in [0.25, 0.3) is 0 Å². The summed E-state index contributed by atoms with van der Waals surface area (Å²) >= 11 is 0. The van der Waals surface area contributed by atoms with Gasteiger partial charge >= 0.3 is 0 Å². The van der Waals surface area contributed by atoms with Crippen LogP contribution in [0.15, 0.2) is 36.5 Å². The van der Waals surface area contributed by atoms with E-state index in [2.05, 4.69) is 43.5 Å². The van der Waals surface area contributed by atoms with E-state index < -0.39 is 12.1 Å². The van der Waals surface area contributed by atoms with Crippen LogP contribution in [-0.2, 0) is 4.79 Å². The van der Waals surface area contributed by atoms with Gasteiger partial charge in [0.2, 0.25) is 5.91 Å². The fraction of sp³-hybridized carbons (Fsp3) is 0.848. The van der Waals surface area contributed by atoms with Crippen molar-refractivity contribution in [2.75, 3.05) is 6.61 Å². The summed E-state index contributed by atoms with van der Waals surface area (Å²) in [6, 6.07) is -0.623. The summed E-state index contributed by atoms with van der Waals surface area (Å²) in [6.45, 7) is 4.29. The van der Waals surface area contributed by atoms with Crippen LogP contribution in [0.25, 0.3) is 0 Å². The molecule has 0 spiro atoms. The van der Waals surface area contributed by atoms with Crippen LogP contribution in [0, 0.1) is 0 Å². The van der Waals surface area contributed by atoms with Crippen molar-refractivity contribution in [3.05, 3.63) is 36.5 Å². The standard InChI is InChI=1S/C46H87NO3/c1-3-5-7-9-11-13-15-17-19-21-23-25-27-29-31-33-35-37-39-41-45(49)44(43-48)47-46(50)42-40-38-36-34-32-30-28-26-24-22-20-18-16-14-12-10-8-6-4-2/h12,14,16,18,39,41,44-45,48-49H,3-11,13,15,17,19-38,40,42-43H2,1-2H3,(H,47,50)/b14-12-,18-16-,41-39+. The second kappa shape index (κ2) is 42.0. The SMILES string of the molecule is CCCCC/C=C\C=C/CCCCCCCCCCCCC(=O)NC(CO)C(O)/C=C/CCCCCCCCCCCCCCCCCCC. The second-order valence-electron chi connectivity index (χ2n) is 15.1. The first kappa shape index (κ1) is 48.6. The van der Waals surface area contributed by atoms with E-state index in [1.54, 1.807) is 6.08 Å². The molecule has 4 nitrogen and oxygen atoms in total. The van der Waals surface area contributed by atoms with Gasteiger partial charge in [-0.25, -0.2) is 0 Å². The normalized spacial score (nSPS) is 13.3. The van der Waals surface area contributed by atoms with E-state index in [9.17, 15) is 15.0 Å². The van der Waals surface area contributed by atoms with E-state index in [4.69, 9.17) is 0 Å².